The van der Waals surface area contributed by atoms with Gasteiger partial charge in [-0.05, 0) is 31.0 Å². The molecule has 6 nitrogen and oxygen atoms in total. The Bertz CT molecular complexity index is 587. The van der Waals surface area contributed by atoms with Crippen molar-refractivity contribution in [3.8, 4) is 11.5 Å². The molecule has 154 valence electrons. The first-order chi connectivity index (χ1) is 12.6. The molecule has 0 radical (unpaired) electrons. The lowest BCUT2D eigenvalue weighted by Crippen LogP contribution is -2.52. The fourth-order valence-corrected chi connectivity index (χ4v) is 3.06. The highest BCUT2D eigenvalue weighted by molar-refractivity contribution is 14.0. The Morgan fingerprint density at radius 3 is 2.41 bits per heavy atom. The van der Waals surface area contributed by atoms with E-state index in [1.807, 2.05) is 12.1 Å². The molecule has 1 aromatic rings. The third kappa shape index (κ3) is 7.37. The number of nitrogens with zero attached hydrogens (tertiary/aromatic N) is 3. The second-order valence-corrected chi connectivity index (χ2v) is 7.03. The number of aliphatic imine (C=N–C) groups is 1. The molecule has 1 saturated heterocycles. The summed E-state index contributed by atoms with van der Waals surface area (Å²) < 4.78 is 10.9. The Kier molecular flexibility index (Phi) is 10.8. The molecule has 0 saturated carbocycles. The maximum atomic E-state index is 5.51. The summed E-state index contributed by atoms with van der Waals surface area (Å²) in [7, 11) is 3.42. The van der Waals surface area contributed by atoms with Gasteiger partial charge in [-0.3, -0.25) is 9.89 Å². The highest BCUT2D eigenvalue weighted by Gasteiger charge is 2.20. The van der Waals surface area contributed by atoms with Gasteiger partial charge in [-0.15, -0.1) is 24.0 Å². The van der Waals surface area contributed by atoms with Gasteiger partial charge in [-0.25, -0.2) is 0 Å². The Labute approximate surface area is 181 Å². The first-order valence-electron chi connectivity index (χ1n) is 9.53. The molecule has 1 N–H and O–H groups in total. The van der Waals surface area contributed by atoms with Gasteiger partial charge in [0.2, 0.25) is 0 Å². The Hall–Kier alpha value is -1.22. The van der Waals surface area contributed by atoms with Gasteiger partial charge >= 0.3 is 0 Å². The van der Waals surface area contributed by atoms with Gasteiger partial charge in [0.25, 0.3) is 0 Å². The lowest BCUT2D eigenvalue weighted by atomic mass is 10.1. The molecule has 1 aromatic carbocycles. The molecule has 0 aromatic heterocycles. The molecule has 0 unspecified atom stereocenters. The van der Waals surface area contributed by atoms with E-state index in [2.05, 4.69) is 42.0 Å². The van der Waals surface area contributed by atoms with Crippen molar-refractivity contribution in [3.05, 3.63) is 23.8 Å². The van der Waals surface area contributed by atoms with E-state index in [0.29, 0.717) is 5.92 Å². The zero-order chi connectivity index (χ0) is 18.9. The quantitative estimate of drug-likeness (QED) is 0.362. The molecule has 7 heteroatoms. The minimum Gasteiger partial charge on any atom is -0.497 e. The average molecular weight is 490 g/mol. The SMILES string of the molecule is CCNC(=NCC(C)C)N1CCN(Cc2cc(OC)ccc2OC)CC1.I. The van der Waals surface area contributed by atoms with Crippen LogP contribution in [-0.2, 0) is 6.54 Å². The highest BCUT2D eigenvalue weighted by Crippen LogP contribution is 2.25. The molecule has 0 bridgehead atoms. The third-order valence-corrected chi connectivity index (χ3v) is 4.49. The van der Waals surface area contributed by atoms with Crippen LogP contribution in [0.25, 0.3) is 0 Å². The lowest BCUT2D eigenvalue weighted by Gasteiger charge is -2.36. The van der Waals surface area contributed by atoms with E-state index in [9.17, 15) is 0 Å². The van der Waals surface area contributed by atoms with Crippen molar-refractivity contribution < 1.29 is 9.47 Å². The van der Waals surface area contributed by atoms with Crippen molar-refractivity contribution in [1.29, 1.82) is 0 Å². The lowest BCUT2D eigenvalue weighted by molar-refractivity contribution is 0.171. The van der Waals surface area contributed by atoms with E-state index >= 15 is 0 Å². The maximum Gasteiger partial charge on any atom is 0.194 e. The zero-order valence-electron chi connectivity index (χ0n) is 17.3. The first kappa shape index (κ1) is 23.8. The summed E-state index contributed by atoms with van der Waals surface area (Å²) in [5.74, 6) is 3.40. The third-order valence-electron chi connectivity index (χ3n) is 4.49. The van der Waals surface area contributed by atoms with Crippen LogP contribution >= 0.6 is 24.0 Å². The molecular weight excluding hydrogens is 455 g/mol. The predicted octanol–water partition coefficient (Wildman–Crippen LogP) is 3.06. The van der Waals surface area contributed by atoms with Crippen LogP contribution in [0.4, 0.5) is 0 Å². The summed E-state index contributed by atoms with van der Waals surface area (Å²) in [5.41, 5.74) is 1.17. The van der Waals surface area contributed by atoms with Gasteiger partial charge in [0.05, 0.1) is 14.2 Å². The zero-order valence-corrected chi connectivity index (χ0v) is 19.7. The molecule has 0 atom stereocenters. The minimum atomic E-state index is 0. The van der Waals surface area contributed by atoms with Gasteiger partial charge in [0.1, 0.15) is 11.5 Å². The molecule has 1 aliphatic rings. The smallest absolute Gasteiger partial charge is 0.194 e. The Balaban J connectivity index is 0.00000364. The van der Waals surface area contributed by atoms with Crippen molar-refractivity contribution in [3.63, 3.8) is 0 Å². The largest absolute Gasteiger partial charge is 0.497 e. The van der Waals surface area contributed by atoms with Crippen LogP contribution in [-0.4, -0.2) is 69.2 Å². The van der Waals surface area contributed by atoms with Crippen LogP contribution in [0, 0.1) is 5.92 Å². The summed E-state index contributed by atoms with van der Waals surface area (Å²) in [6.07, 6.45) is 0. The fraction of sp³-hybridized carbons (Fsp3) is 0.650. The number of hydrogen-bond donors (Lipinski definition) is 1. The van der Waals surface area contributed by atoms with E-state index in [1.165, 1.54) is 5.56 Å². The molecule has 0 amide bonds. The number of ether oxygens (including phenoxy) is 2. The number of hydrogen-bond acceptors (Lipinski definition) is 4. The molecule has 27 heavy (non-hydrogen) atoms. The summed E-state index contributed by atoms with van der Waals surface area (Å²) in [6, 6.07) is 5.99. The van der Waals surface area contributed by atoms with E-state index in [1.54, 1.807) is 14.2 Å². The highest BCUT2D eigenvalue weighted by atomic mass is 127. The maximum absolute atomic E-state index is 5.51. The van der Waals surface area contributed by atoms with Crippen molar-refractivity contribution >= 4 is 29.9 Å². The van der Waals surface area contributed by atoms with Crippen LogP contribution in [0.1, 0.15) is 26.3 Å². The number of methoxy groups -OCH3 is 2. The monoisotopic (exact) mass is 490 g/mol. The van der Waals surface area contributed by atoms with Gasteiger partial charge < -0.3 is 19.7 Å². The number of halogens is 1. The number of guanidine groups is 1. The van der Waals surface area contributed by atoms with Crippen molar-refractivity contribution in [2.75, 3.05) is 53.5 Å². The molecule has 0 aliphatic carbocycles. The van der Waals surface area contributed by atoms with Crippen LogP contribution < -0.4 is 14.8 Å². The van der Waals surface area contributed by atoms with Crippen molar-refractivity contribution in [1.82, 2.24) is 15.1 Å². The molecule has 0 spiro atoms. The summed E-state index contributed by atoms with van der Waals surface area (Å²) >= 11 is 0. The van der Waals surface area contributed by atoms with E-state index < -0.39 is 0 Å². The van der Waals surface area contributed by atoms with Gasteiger partial charge in [0, 0.05) is 51.4 Å². The molecule has 1 aliphatic heterocycles. The van der Waals surface area contributed by atoms with E-state index in [-0.39, 0.29) is 24.0 Å². The van der Waals surface area contributed by atoms with E-state index in [4.69, 9.17) is 14.5 Å². The summed E-state index contributed by atoms with van der Waals surface area (Å²) in [6.45, 7) is 13.1. The number of rotatable bonds is 7. The Morgan fingerprint density at radius 1 is 1.15 bits per heavy atom. The van der Waals surface area contributed by atoms with E-state index in [0.717, 1.165) is 63.3 Å². The molecular formula is C20H35IN4O2. The van der Waals surface area contributed by atoms with Crippen LogP contribution in [0.2, 0.25) is 0 Å². The number of piperazine rings is 1. The second-order valence-electron chi connectivity index (χ2n) is 7.03. The molecule has 2 rings (SSSR count). The van der Waals surface area contributed by atoms with Gasteiger partial charge in [-0.2, -0.15) is 0 Å². The molecule has 1 heterocycles. The predicted molar refractivity (Wildman–Crippen MR) is 123 cm³/mol. The van der Waals surface area contributed by atoms with Crippen LogP contribution in [0.15, 0.2) is 23.2 Å². The van der Waals surface area contributed by atoms with Crippen LogP contribution in [0.5, 0.6) is 11.5 Å². The second kappa shape index (κ2) is 12.3. The van der Waals surface area contributed by atoms with Crippen LogP contribution in [0.3, 0.4) is 0 Å². The Morgan fingerprint density at radius 2 is 1.85 bits per heavy atom. The first-order valence-corrected chi connectivity index (χ1v) is 9.53. The fourth-order valence-electron chi connectivity index (χ4n) is 3.06. The molecule has 1 fully saturated rings. The minimum absolute atomic E-state index is 0. The van der Waals surface area contributed by atoms with Crippen molar-refractivity contribution in [2.24, 2.45) is 10.9 Å². The topological polar surface area (TPSA) is 49.3 Å². The standard InChI is InChI=1S/C20H34N4O2.HI/c1-6-21-20(22-14-16(2)3)24-11-9-23(10-12-24)15-17-13-18(25-4)7-8-19(17)26-5;/h7-8,13,16H,6,9-12,14-15H2,1-5H3,(H,21,22);1H. The van der Waals surface area contributed by atoms with Crippen molar-refractivity contribution in [2.45, 2.75) is 27.3 Å². The number of benzene rings is 1. The van der Waals surface area contributed by atoms with Gasteiger partial charge in [0.15, 0.2) is 5.96 Å². The normalized spacial score (nSPS) is 15.5. The van der Waals surface area contributed by atoms with Gasteiger partial charge in [-0.1, -0.05) is 13.8 Å². The summed E-state index contributed by atoms with van der Waals surface area (Å²) in [4.78, 5) is 9.60. The average Bonchev–Trinajstić information content (AvgIpc) is 2.65. The number of nitrogens with one attached hydrogen (secondary N) is 1. The summed E-state index contributed by atoms with van der Waals surface area (Å²) in [5, 5.41) is 3.43.